The van der Waals surface area contributed by atoms with Gasteiger partial charge in [0.15, 0.2) is 17.7 Å². The molecule has 0 radical (unpaired) electrons. The fourth-order valence-electron chi connectivity index (χ4n) is 2.86. The van der Waals surface area contributed by atoms with Crippen LogP contribution in [0.2, 0.25) is 0 Å². The monoisotopic (exact) mass is 328 g/mol. The van der Waals surface area contributed by atoms with Gasteiger partial charge in [0, 0.05) is 31.9 Å². The molecule has 2 aromatic carbocycles. The Balaban J connectivity index is 1.56. The summed E-state index contributed by atoms with van der Waals surface area (Å²) in [5.74, 6) is -0.446. The molecule has 3 rings (SSSR count). The molecule has 0 bridgehead atoms. The van der Waals surface area contributed by atoms with Gasteiger partial charge in [0.1, 0.15) is 0 Å². The number of piperazine rings is 1. The third-order valence-electron chi connectivity index (χ3n) is 4.20. The smallest absolute Gasteiger partial charge is 0.263 e. The van der Waals surface area contributed by atoms with E-state index < -0.39 is 11.9 Å². The highest BCUT2D eigenvalue weighted by molar-refractivity contribution is 5.81. The summed E-state index contributed by atoms with van der Waals surface area (Å²) in [6.45, 7) is 4.50. The summed E-state index contributed by atoms with van der Waals surface area (Å²) >= 11 is 0. The Hall–Kier alpha value is -2.56. The van der Waals surface area contributed by atoms with E-state index >= 15 is 0 Å². The van der Waals surface area contributed by atoms with Gasteiger partial charge in [-0.15, -0.1) is 0 Å². The van der Waals surface area contributed by atoms with Gasteiger partial charge in [0.25, 0.3) is 5.91 Å². The van der Waals surface area contributed by atoms with E-state index in [0.29, 0.717) is 13.1 Å². The zero-order valence-corrected chi connectivity index (χ0v) is 13.7. The molecule has 126 valence electrons. The normalized spacial score (nSPS) is 15.9. The number of benzene rings is 2. The molecule has 1 atom stereocenters. The first-order chi connectivity index (χ1) is 11.6. The zero-order chi connectivity index (χ0) is 16.9. The van der Waals surface area contributed by atoms with E-state index in [-0.39, 0.29) is 11.7 Å². The highest BCUT2D eigenvalue weighted by atomic mass is 19.1. The molecule has 24 heavy (non-hydrogen) atoms. The number of amides is 1. The van der Waals surface area contributed by atoms with Gasteiger partial charge in [-0.2, -0.15) is 0 Å². The van der Waals surface area contributed by atoms with E-state index in [9.17, 15) is 9.18 Å². The topological polar surface area (TPSA) is 32.8 Å². The Morgan fingerprint density at radius 2 is 1.62 bits per heavy atom. The highest BCUT2D eigenvalue weighted by Gasteiger charge is 2.26. The van der Waals surface area contributed by atoms with E-state index in [0.717, 1.165) is 13.1 Å². The average Bonchev–Trinajstić information content (AvgIpc) is 2.64. The maximum Gasteiger partial charge on any atom is 0.263 e. The number of hydrogen-bond acceptors (Lipinski definition) is 3. The third kappa shape index (κ3) is 3.67. The van der Waals surface area contributed by atoms with E-state index in [1.165, 1.54) is 17.8 Å². The van der Waals surface area contributed by atoms with Crippen molar-refractivity contribution in [3.8, 4) is 5.75 Å². The lowest BCUT2D eigenvalue weighted by atomic mass is 10.2. The first-order valence-electron chi connectivity index (χ1n) is 8.15. The predicted octanol–water partition coefficient (Wildman–Crippen LogP) is 2.94. The minimum absolute atomic E-state index is 0.106. The molecule has 1 heterocycles. The van der Waals surface area contributed by atoms with Gasteiger partial charge in [-0.25, -0.2) is 4.39 Å². The molecule has 1 unspecified atom stereocenters. The fourth-order valence-corrected chi connectivity index (χ4v) is 2.86. The van der Waals surface area contributed by atoms with Gasteiger partial charge in [-0.05, 0) is 31.2 Å². The number of carbonyl (C=O) groups is 1. The lowest BCUT2D eigenvalue weighted by Gasteiger charge is -2.37. The fraction of sp³-hybridized carbons (Fsp3) is 0.316. The SMILES string of the molecule is CC(Oc1ccccc1F)C(=O)N1CCN(c2ccccc2)CC1. The number of hydrogen-bond donors (Lipinski definition) is 0. The van der Waals surface area contributed by atoms with Gasteiger partial charge >= 0.3 is 0 Å². The van der Waals surface area contributed by atoms with Crippen LogP contribution >= 0.6 is 0 Å². The van der Waals surface area contributed by atoms with E-state index in [1.54, 1.807) is 24.0 Å². The predicted molar refractivity (Wildman–Crippen MR) is 91.7 cm³/mol. The van der Waals surface area contributed by atoms with Crippen molar-refractivity contribution in [3.63, 3.8) is 0 Å². The second-order valence-corrected chi connectivity index (χ2v) is 5.84. The van der Waals surface area contributed by atoms with Gasteiger partial charge in [0.2, 0.25) is 0 Å². The lowest BCUT2D eigenvalue weighted by molar-refractivity contribution is -0.138. The van der Waals surface area contributed by atoms with Crippen LogP contribution in [0, 0.1) is 5.82 Å². The number of carbonyl (C=O) groups excluding carboxylic acids is 1. The molecular weight excluding hydrogens is 307 g/mol. The molecule has 1 aliphatic rings. The summed E-state index contributed by atoms with van der Waals surface area (Å²) < 4.78 is 19.1. The molecule has 1 saturated heterocycles. The van der Waals surface area contributed by atoms with Crippen molar-refractivity contribution in [1.82, 2.24) is 4.90 Å². The number of rotatable bonds is 4. The molecule has 0 aromatic heterocycles. The largest absolute Gasteiger partial charge is 0.478 e. The van der Waals surface area contributed by atoms with Crippen LogP contribution in [0.4, 0.5) is 10.1 Å². The molecule has 1 aliphatic heterocycles. The van der Waals surface area contributed by atoms with E-state index in [2.05, 4.69) is 17.0 Å². The van der Waals surface area contributed by atoms with Crippen LogP contribution in [0.5, 0.6) is 5.75 Å². The molecule has 1 amide bonds. The molecule has 0 N–H and O–H groups in total. The van der Waals surface area contributed by atoms with Crippen molar-refractivity contribution in [2.75, 3.05) is 31.1 Å². The second-order valence-electron chi connectivity index (χ2n) is 5.84. The minimum atomic E-state index is -0.704. The number of halogens is 1. The Kier molecular flexibility index (Phi) is 4.99. The van der Waals surface area contributed by atoms with Crippen LogP contribution in [0.1, 0.15) is 6.92 Å². The van der Waals surface area contributed by atoms with Crippen LogP contribution < -0.4 is 9.64 Å². The van der Waals surface area contributed by atoms with Crippen molar-refractivity contribution in [2.24, 2.45) is 0 Å². The Bertz CT molecular complexity index is 685. The Morgan fingerprint density at radius 3 is 2.29 bits per heavy atom. The lowest BCUT2D eigenvalue weighted by Crippen LogP contribution is -2.52. The molecular formula is C19H21FN2O2. The van der Waals surface area contributed by atoms with Crippen molar-refractivity contribution in [3.05, 3.63) is 60.4 Å². The zero-order valence-electron chi connectivity index (χ0n) is 13.7. The second kappa shape index (κ2) is 7.34. The van der Waals surface area contributed by atoms with Crippen molar-refractivity contribution in [2.45, 2.75) is 13.0 Å². The van der Waals surface area contributed by atoms with E-state index in [4.69, 9.17) is 4.74 Å². The summed E-state index contributed by atoms with van der Waals surface area (Å²) in [6, 6.07) is 16.3. The van der Waals surface area contributed by atoms with Crippen LogP contribution in [0.3, 0.4) is 0 Å². The van der Waals surface area contributed by atoms with Crippen molar-refractivity contribution in [1.29, 1.82) is 0 Å². The minimum Gasteiger partial charge on any atom is -0.478 e. The van der Waals surface area contributed by atoms with Gasteiger partial charge < -0.3 is 14.5 Å². The third-order valence-corrected chi connectivity index (χ3v) is 4.20. The van der Waals surface area contributed by atoms with Crippen LogP contribution in [0.25, 0.3) is 0 Å². The first kappa shape index (κ1) is 16.3. The van der Waals surface area contributed by atoms with Crippen LogP contribution in [-0.4, -0.2) is 43.1 Å². The number of ether oxygens (including phenoxy) is 1. The maximum atomic E-state index is 13.6. The van der Waals surface area contributed by atoms with Gasteiger partial charge in [-0.3, -0.25) is 4.79 Å². The van der Waals surface area contributed by atoms with Crippen molar-refractivity contribution < 1.29 is 13.9 Å². The van der Waals surface area contributed by atoms with Gasteiger partial charge in [-0.1, -0.05) is 30.3 Å². The molecule has 0 spiro atoms. The molecule has 1 fully saturated rings. The molecule has 0 saturated carbocycles. The molecule has 4 nitrogen and oxygen atoms in total. The number of nitrogens with zero attached hydrogens (tertiary/aromatic N) is 2. The summed E-state index contributed by atoms with van der Waals surface area (Å²) in [6.07, 6.45) is -0.704. The molecule has 5 heteroatoms. The summed E-state index contributed by atoms with van der Waals surface area (Å²) in [4.78, 5) is 16.6. The number of anilines is 1. The maximum absolute atomic E-state index is 13.6. The Morgan fingerprint density at radius 1 is 1.00 bits per heavy atom. The highest BCUT2D eigenvalue weighted by Crippen LogP contribution is 2.19. The summed E-state index contributed by atoms with van der Waals surface area (Å²) in [7, 11) is 0. The van der Waals surface area contributed by atoms with Gasteiger partial charge in [0.05, 0.1) is 0 Å². The standard InChI is InChI=1S/C19H21FN2O2/c1-15(24-18-10-6-5-9-17(18)20)19(23)22-13-11-21(12-14-22)16-7-3-2-4-8-16/h2-10,15H,11-14H2,1H3. The van der Waals surface area contributed by atoms with Crippen LogP contribution in [-0.2, 0) is 4.79 Å². The van der Waals surface area contributed by atoms with Crippen LogP contribution in [0.15, 0.2) is 54.6 Å². The molecule has 0 aliphatic carbocycles. The van der Waals surface area contributed by atoms with E-state index in [1.807, 2.05) is 18.2 Å². The summed E-state index contributed by atoms with van der Waals surface area (Å²) in [5, 5.41) is 0. The van der Waals surface area contributed by atoms with Crippen molar-refractivity contribution >= 4 is 11.6 Å². The molecule has 2 aromatic rings. The first-order valence-corrected chi connectivity index (χ1v) is 8.15. The average molecular weight is 328 g/mol. The Labute approximate surface area is 141 Å². The number of para-hydroxylation sites is 2. The quantitative estimate of drug-likeness (QED) is 0.865. The summed E-state index contributed by atoms with van der Waals surface area (Å²) in [5.41, 5.74) is 1.17.